The van der Waals surface area contributed by atoms with E-state index in [1.54, 1.807) is 18.7 Å². The van der Waals surface area contributed by atoms with E-state index < -0.39 is 0 Å². The van der Waals surface area contributed by atoms with E-state index in [1.165, 1.54) is 25.7 Å². The number of hydrogen-bond donors (Lipinski definition) is 1. The molecule has 2 aromatic rings. The third kappa shape index (κ3) is 6.39. The van der Waals surface area contributed by atoms with Crippen LogP contribution >= 0.6 is 39.1 Å². The molecule has 0 saturated carbocycles. The summed E-state index contributed by atoms with van der Waals surface area (Å²) in [6, 6.07) is 9.31. The number of halogens is 3. The maximum atomic E-state index is 6.29. The van der Waals surface area contributed by atoms with Crippen LogP contribution in [0.4, 0.5) is 0 Å². The van der Waals surface area contributed by atoms with Gasteiger partial charge in [-0.1, -0.05) is 56.8 Å². The van der Waals surface area contributed by atoms with Crippen LogP contribution < -0.4 is 14.8 Å². The Morgan fingerprint density at radius 3 is 2.72 bits per heavy atom. The van der Waals surface area contributed by atoms with Gasteiger partial charge in [0.15, 0.2) is 11.5 Å². The molecule has 0 aliphatic heterocycles. The summed E-state index contributed by atoms with van der Waals surface area (Å²) in [7, 11) is 1.65. The van der Waals surface area contributed by atoms with Gasteiger partial charge in [0.05, 0.1) is 7.11 Å². The Balaban J connectivity index is 1.68. The van der Waals surface area contributed by atoms with Gasteiger partial charge in [-0.15, -0.1) is 0 Å². The zero-order valence-corrected chi connectivity index (χ0v) is 19.7. The van der Waals surface area contributed by atoms with Crippen molar-refractivity contribution < 1.29 is 9.47 Å². The summed E-state index contributed by atoms with van der Waals surface area (Å²) in [5.41, 5.74) is 3.48. The molecule has 29 heavy (non-hydrogen) atoms. The SMILES string of the molecule is COc1ccc(Br)c(CNCCC2=CCCCC2)c1OCc1ccc(Cl)cc1Cl. The topological polar surface area (TPSA) is 30.5 Å². The fourth-order valence-electron chi connectivity index (χ4n) is 3.45. The van der Waals surface area contributed by atoms with Crippen molar-refractivity contribution in [3.8, 4) is 11.5 Å². The van der Waals surface area contributed by atoms with Crippen molar-refractivity contribution in [1.29, 1.82) is 0 Å². The van der Waals surface area contributed by atoms with Crippen LogP contribution in [0.1, 0.15) is 43.2 Å². The number of nitrogens with one attached hydrogen (secondary N) is 1. The average Bonchev–Trinajstić information content (AvgIpc) is 2.72. The molecule has 0 unspecified atom stereocenters. The smallest absolute Gasteiger partial charge is 0.167 e. The zero-order chi connectivity index (χ0) is 20.6. The summed E-state index contributed by atoms with van der Waals surface area (Å²) in [5, 5.41) is 4.75. The monoisotopic (exact) mass is 497 g/mol. The number of ether oxygens (including phenoxy) is 2. The molecular weight excluding hydrogens is 473 g/mol. The quantitative estimate of drug-likeness (QED) is 0.290. The van der Waals surface area contributed by atoms with Crippen LogP contribution in [0.3, 0.4) is 0 Å². The number of hydrogen-bond acceptors (Lipinski definition) is 3. The van der Waals surface area contributed by atoms with Crippen molar-refractivity contribution in [2.45, 2.75) is 45.3 Å². The standard InChI is InChI=1S/C23H26BrCl2NO2/c1-28-22-10-9-20(24)19(14-27-12-11-16-5-3-2-4-6-16)23(22)29-15-17-7-8-18(25)13-21(17)26/h5,7-10,13,27H,2-4,6,11-12,14-15H2,1H3. The van der Waals surface area contributed by atoms with Crippen molar-refractivity contribution in [1.82, 2.24) is 5.32 Å². The van der Waals surface area contributed by atoms with Crippen molar-refractivity contribution >= 4 is 39.1 Å². The van der Waals surface area contributed by atoms with E-state index in [2.05, 4.69) is 27.3 Å². The van der Waals surface area contributed by atoms with E-state index in [0.717, 1.165) is 34.3 Å². The number of rotatable bonds is 9. The molecule has 1 aliphatic carbocycles. The van der Waals surface area contributed by atoms with Crippen LogP contribution in [0.15, 0.2) is 46.5 Å². The normalized spacial score (nSPS) is 13.9. The lowest BCUT2D eigenvalue weighted by molar-refractivity contribution is 0.280. The predicted molar refractivity (Wildman–Crippen MR) is 124 cm³/mol. The van der Waals surface area contributed by atoms with Gasteiger partial charge in [0, 0.05) is 32.2 Å². The van der Waals surface area contributed by atoms with E-state index >= 15 is 0 Å². The second kappa shape index (κ2) is 11.3. The van der Waals surface area contributed by atoms with Crippen molar-refractivity contribution in [3.63, 3.8) is 0 Å². The van der Waals surface area contributed by atoms with E-state index in [4.69, 9.17) is 32.7 Å². The summed E-state index contributed by atoms with van der Waals surface area (Å²) >= 11 is 15.9. The first-order valence-corrected chi connectivity index (χ1v) is 11.4. The summed E-state index contributed by atoms with van der Waals surface area (Å²) in [6.45, 7) is 1.97. The molecule has 0 fully saturated rings. The molecule has 3 rings (SSSR count). The fraction of sp³-hybridized carbons (Fsp3) is 0.391. The first kappa shape index (κ1) is 22.5. The molecule has 2 aromatic carbocycles. The first-order chi connectivity index (χ1) is 14.1. The zero-order valence-electron chi connectivity index (χ0n) is 16.6. The van der Waals surface area contributed by atoms with E-state index in [-0.39, 0.29) is 0 Å². The molecule has 156 valence electrons. The molecule has 0 atom stereocenters. The summed E-state index contributed by atoms with van der Waals surface area (Å²) < 4.78 is 12.7. The summed E-state index contributed by atoms with van der Waals surface area (Å²) in [4.78, 5) is 0. The number of benzene rings is 2. The van der Waals surface area contributed by atoms with Crippen LogP contribution in [0.5, 0.6) is 11.5 Å². The van der Waals surface area contributed by atoms with Crippen molar-refractivity contribution in [2.24, 2.45) is 0 Å². The minimum absolute atomic E-state index is 0.336. The van der Waals surface area contributed by atoms with Crippen LogP contribution in [-0.2, 0) is 13.2 Å². The third-order valence-electron chi connectivity index (χ3n) is 5.08. The summed E-state index contributed by atoms with van der Waals surface area (Å²) in [6.07, 6.45) is 8.60. The lowest BCUT2D eigenvalue weighted by atomic mass is 9.97. The lowest BCUT2D eigenvalue weighted by Crippen LogP contribution is -2.17. The van der Waals surface area contributed by atoms with E-state index in [0.29, 0.717) is 28.9 Å². The maximum absolute atomic E-state index is 6.29. The molecule has 3 nitrogen and oxygen atoms in total. The minimum Gasteiger partial charge on any atom is -0.493 e. The molecule has 6 heteroatoms. The van der Waals surface area contributed by atoms with Gasteiger partial charge < -0.3 is 14.8 Å². The van der Waals surface area contributed by atoms with Gasteiger partial charge in [-0.2, -0.15) is 0 Å². The van der Waals surface area contributed by atoms with Crippen LogP contribution in [0.2, 0.25) is 10.0 Å². The Hall–Kier alpha value is -1.20. The van der Waals surface area contributed by atoms with Gasteiger partial charge in [-0.3, -0.25) is 0 Å². The van der Waals surface area contributed by atoms with E-state index in [9.17, 15) is 0 Å². The highest BCUT2D eigenvalue weighted by Crippen LogP contribution is 2.37. The van der Waals surface area contributed by atoms with Gasteiger partial charge in [0.2, 0.25) is 0 Å². The highest BCUT2D eigenvalue weighted by molar-refractivity contribution is 9.10. The Labute approximate surface area is 191 Å². The Morgan fingerprint density at radius 1 is 1.14 bits per heavy atom. The van der Waals surface area contributed by atoms with Gasteiger partial charge >= 0.3 is 0 Å². The molecule has 0 saturated heterocycles. The minimum atomic E-state index is 0.336. The van der Waals surface area contributed by atoms with Gasteiger partial charge in [-0.25, -0.2) is 0 Å². The fourth-order valence-corrected chi connectivity index (χ4v) is 4.36. The molecule has 0 bridgehead atoms. The summed E-state index contributed by atoms with van der Waals surface area (Å²) in [5.74, 6) is 1.42. The molecule has 0 amide bonds. The third-order valence-corrected chi connectivity index (χ3v) is 6.41. The number of methoxy groups -OCH3 is 1. The highest BCUT2D eigenvalue weighted by Gasteiger charge is 2.15. The van der Waals surface area contributed by atoms with Gasteiger partial charge in [0.1, 0.15) is 6.61 Å². The van der Waals surface area contributed by atoms with Crippen LogP contribution in [-0.4, -0.2) is 13.7 Å². The second-order valence-electron chi connectivity index (χ2n) is 7.12. The van der Waals surface area contributed by atoms with Crippen LogP contribution in [0, 0.1) is 0 Å². The maximum Gasteiger partial charge on any atom is 0.167 e. The lowest BCUT2D eigenvalue weighted by Gasteiger charge is -2.18. The van der Waals surface area contributed by atoms with Crippen molar-refractivity contribution in [2.75, 3.05) is 13.7 Å². The molecule has 0 aromatic heterocycles. The second-order valence-corrected chi connectivity index (χ2v) is 8.81. The Morgan fingerprint density at radius 2 is 2.00 bits per heavy atom. The Kier molecular flexibility index (Phi) is 8.73. The van der Waals surface area contributed by atoms with Crippen LogP contribution in [0.25, 0.3) is 0 Å². The Bertz CT molecular complexity index is 870. The molecule has 1 aliphatic rings. The highest BCUT2D eigenvalue weighted by atomic mass is 79.9. The van der Waals surface area contributed by atoms with Crippen molar-refractivity contribution in [3.05, 3.63) is 67.6 Å². The number of allylic oxidation sites excluding steroid dienone is 1. The molecule has 1 N–H and O–H groups in total. The first-order valence-electron chi connectivity index (χ1n) is 9.89. The molecule has 0 radical (unpaired) electrons. The largest absolute Gasteiger partial charge is 0.493 e. The van der Waals surface area contributed by atoms with Gasteiger partial charge in [-0.05, 0) is 62.9 Å². The predicted octanol–water partition coefficient (Wildman–Crippen LogP) is 7.32. The average molecular weight is 499 g/mol. The molecular formula is C23H26BrCl2NO2. The van der Waals surface area contributed by atoms with Gasteiger partial charge in [0.25, 0.3) is 0 Å². The molecule has 0 spiro atoms. The molecule has 0 heterocycles. The van der Waals surface area contributed by atoms with E-state index in [1.807, 2.05) is 24.3 Å².